The number of anilines is 1. The predicted molar refractivity (Wildman–Crippen MR) is 101 cm³/mol. The van der Waals surface area contributed by atoms with Crippen LogP contribution in [0, 0.1) is 0 Å². The highest BCUT2D eigenvalue weighted by Crippen LogP contribution is 2.29. The molecule has 1 aliphatic rings. The van der Waals surface area contributed by atoms with Crippen LogP contribution in [0.1, 0.15) is 16.9 Å². The molecule has 0 saturated carbocycles. The Morgan fingerprint density at radius 1 is 1.08 bits per heavy atom. The average molecular weight is 366 g/mol. The van der Waals surface area contributed by atoms with Crippen LogP contribution < -0.4 is 10.2 Å². The molecule has 1 atom stereocenters. The van der Waals surface area contributed by atoms with Crippen LogP contribution in [0.2, 0.25) is 5.02 Å². The lowest BCUT2D eigenvalue weighted by molar-refractivity contribution is -0.118. The summed E-state index contributed by atoms with van der Waals surface area (Å²) in [5.41, 5.74) is 1.71. The number of benzene rings is 2. The maximum Gasteiger partial charge on any atom is 0.270 e. The lowest BCUT2D eigenvalue weighted by atomic mass is 10.2. The molecule has 2 aromatic carbocycles. The van der Waals surface area contributed by atoms with E-state index >= 15 is 0 Å². The first-order chi connectivity index (χ1) is 12.6. The second-order valence-electron chi connectivity index (χ2n) is 6.15. The third kappa shape index (κ3) is 3.02. The van der Waals surface area contributed by atoms with E-state index in [9.17, 15) is 9.59 Å². The van der Waals surface area contributed by atoms with Crippen molar-refractivity contribution in [2.45, 2.75) is 12.5 Å². The number of para-hydroxylation sites is 2. The quantitative estimate of drug-likeness (QED) is 0.773. The molecular weight excluding hydrogens is 350 g/mol. The molecule has 0 bridgehead atoms. The van der Waals surface area contributed by atoms with Crippen molar-refractivity contribution in [2.24, 2.45) is 0 Å². The molecule has 2 amide bonds. The lowest BCUT2D eigenvalue weighted by Crippen LogP contribution is -2.41. The van der Waals surface area contributed by atoms with Crippen molar-refractivity contribution in [3.05, 3.63) is 71.4 Å². The Hall–Kier alpha value is -2.92. The highest BCUT2D eigenvalue weighted by atomic mass is 35.5. The van der Waals surface area contributed by atoms with E-state index in [-0.39, 0.29) is 11.8 Å². The molecule has 1 unspecified atom stereocenters. The summed E-state index contributed by atoms with van der Waals surface area (Å²) in [5, 5.41) is 4.27. The van der Waals surface area contributed by atoms with Gasteiger partial charge in [0.05, 0.1) is 16.2 Å². The molecule has 1 aromatic heterocycles. The number of nitrogens with one attached hydrogen (secondary N) is 1. The largest absolute Gasteiger partial charge is 0.339 e. The van der Waals surface area contributed by atoms with Gasteiger partial charge in [0.25, 0.3) is 5.91 Å². The van der Waals surface area contributed by atoms with E-state index < -0.39 is 6.04 Å². The third-order valence-electron chi connectivity index (χ3n) is 4.49. The fourth-order valence-corrected chi connectivity index (χ4v) is 3.39. The van der Waals surface area contributed by atoms with Gasteiger partial charge in [-0.2, -0.15) is 0 Å². The van der Waals surface area contributed by atoms with Crippen molar-refractivity contribution in [2.75, 3.05) is 11.4 Å². The van der Waals surface area contributed by atoms with Gasteiger partial charge in [-0.1, -0.05) is 48.0 Å². The van der Waals surface area contributed by atoms with Crippen molar-refractivity contribution in [1.82, 2.24) is 10.3 Å². The number of rotatable bonds is 3. The summed E-state index contributed by atoms with van der Waals surface area (Å²) in [6, 6.07) is 17.7. The van der Waals surface area contributed by atoms with E-state index in [1.165, 1.54) is 0 Å². The van der Waals surface area contributed by atoms with E-state index in [2.05, 4.69) is 10.3 Å². The fourth-order valence-electron chi connectivity index (χ4n) is 3.15. The van der Waals surface area contributed by atoms with Crippen molar-refractivity contribution in [3.63, 3.8) is 0 Å². The van der Waals surface area contributed by atoms with Gasteiger partial charge >= 0.3 is 0 Å². The Kier molecular flexibility index (Phi) is 4.31. The van der Waals surface area contributed by atoms with Crippen molar-refractivity contribution < 1.29 is 9.59 Å². The molecule has 130 valence electrons. The minimum Gasteiger partial charge on any atom is -0.339 e. The monoisotopic (exact) mass is 365 g/mol. The number of halogens is 1. The number of pyridine rings is 1. The first kappa shape index (κ1) is 16.5. The topological polar surface area (TPSA) is 62.3 Å². The van der Waals surface area contributed by atoms with E-state index in [1.807, 2.05) is 42.5 Å². The number of carbonyl (C=O) groups is 2. The average Bonchev–Trinajstić information content (AvgIpc) is 3.02. The number of hydrogen-bond acceptors (Lipinski definition) is 3. The molecule has 0 radical (unpaired) electrons. The Balaban J connectivity index is 1.51. The highest BCUT2D eigenvalue weighted by Gasteiger charge is 2.34. The zero-order valence-corrected chi connectivity index (χ0v) is 14.6. The molecule has 0 spiro atoms. The SMILES string of the molecule is O=C(NC1CCN(c2ccccc2Cl)C1=O)c1ccc2ccccc2n1. The van der Waals surface area contributed by atoms with E-state index in [0.29, 0.717) is 29.4 Å². The predicted octanol–water partition coefficient (Wildman–Crippen LogP) is 3.42. The summed E-state index contributed by atoms with van der Waals surface area (Å²) < 4.78 is 0. The molecule has 6 heteroatoms. The maximum atomic E-state index is 12.7. The molecule has 26 heavy (non-hydrogen) atoms. The zero-order chi connectivity index (χ0) is 18.1. The van der Waals surface area contributed by atoms with Crippen LogP contribution in [0.25, 0.3) is 10.9 Å². The smallest absolute Gasteiger partial charge is 0.270 e. The van der Waals surface area contributed by atoms with Crippen LogP contribution in [0.4, 0.5) is 5.69 Å². The number of nitrogens with zero attached hydrogens (tertiary/aromatic N) is 2. The molecular formula is C20H16ClN3O2. The molecule has 2 heterocycles. The van der Waals surface area contributed by atoms with Crippen LogP contribution >= 0.6 is 11.6 Å². The lowest BCUT2D eigenvalue weighted by Gasteiger charge is -2.18. The van der Waals surface area contributed by atoms with Crippen molar-refractivity contribution >= 4 is 40.0 Å². The molecule has 1 fully saturated rings. The van der Waals surface area contributed by atoms with E-state index in [0.717, 1.165) is 10.9 Å². The van der Waals surface area contributed by atoms with Gasteiger partial charge in [0.15, 0.2) is 0 Å². The second kappa shape index (κ2) is 6.77. The summed E-state index contributed by atoms with van der Waals surface area (Å²) >= 11 is 6.18. The van der Waals surface area contributed by atoms with Gasteiger partial charge in [-0.05, 0) is 30.7 Å². The number of hydrogen-bond donors (Lipinski definition) is 1. The van der Waals surface area contributed by atoms with Crippen LogP contribution in [-0.4, -0.2) is 29.4 Å². The zero-order valence-electron chi connectivity index (χ0n) is 13.9. The Morgan fingerprint density at radius 2 is 1.85 bits per heavy atom. The van der Waals surface area contributed by atoms with Crippen molar-refractivity contribution in [3.8, 4) is 0 Å². The molecule has 1 saturated heterocycles. The standard InChI is InChI=1S/C20H16ClN3O2/c21-14-6-2-4-8-18(14)24-12-11-17(20(24)26)23-19(25)16-10-9-13-5-1-3-7-15(13)22-16/h1-10,17H,11-12H2,(H,23,25). The third-order valence-corrected chi connectivity index (χ3v) is 4.80. The Bertz CT molecular complexity index is 1010. The summed E-state index contributed by atoms with van der Waals surface area (Å²) in [4.78, 5) is 31.2. The van der Waals surface area contributed by atoms with Gasteiger partial charge in [0.2, 0.25) is 5.91 Å². The van der Waals surface area contributed by atoms with Gasteiger partial charge in [0.1, 0.15) is 11.7 Å². The summed E-state index contributed by atoms with van der Waals surface area (Å²) in [6.07, 6.45) is 0.531. The summed E-state index contributed by atoms with van der Waals surface area (Å²) in [6.45, 7) is 0.513. The molecule has 1 aliphatic heterocycles. The van der Waals surface area contributed by atoms with Crippen LogP contribution in [-0.2, 0) is 4.79 Å². The highest BCUT2D eigenvalue weighted by molar-refractivity contribution is 6.34. The molecule has 5 nitrogen and oxygen atoms in total. The summed E-state index contributed by atoms with van der Waals surface area (Å²) in [7, 11) is 0. The summed E-state index contributed by atoms with van der Waals surface area (Å²) in [5.74, 6) is -0.512. The van der Waals surface area contributed by atoms with E-state index in [1.54, 1.807) is 23.1 Å². The molecule has 3 aromatic rings. The van der Waals surface area contributed by atoms with Crippen molar-refractivity contribution in [1.29, 1.82) is 0 Å². The van der Waals surface area contributed by atoms with Gasteiger partial charge in [-0.3, -0.25) is 9.59 Å². The van der Waals surface area contributed by atoms with E-state index in [4.69, 9.17) is 11.6 Å². The minimum absolute atomic E-state index is 0.160. The van der Waals surface area contributed by atoms with Gasteiger partial charge < -0.3 is 10.2 Å². The Labute approximate surface area is 155 Å². The second-order valence-corrected chi connectivity index (χ2v) is 6.55. The first-order valence-electron chi connectivity index (χ1n) is 8.36. The van der Waals surface area contributed by atoms with Gasteiger partial charge in [-0.25, -0.2) is 4.98 Å². The number of carbonyl (C=O) groups excluding carboxylic acids is 2. The number of amides is 2. The van der Waals surface area contributed by atoms with Crippen LogP contribution in [0.3, 0.4) is 0 Å². The van der Waals surface area contributed by atoms with Gasteiger partial charge in [0, 0.05) is 11.9 Å². The number of aromatic nitrogens is 1. The van der Waals surface area contributed by atoms with Crippen LogP contribution in [0.5, 0.6) is 0 Å². The number of fused-ring (bicyclic) bond motifs is 1. The minimum atomic E-state index is -0.577. The van der Waals surface area contributed by atoms with Crippen LogP contribution in [0.15, 0.2) is 60.7 Å². The normalized spacial score (nSPS) is 16.9. The first-order valence-corrected chi connectivity index (χ1v) is 8.74. The Morgan fingerprint density at radius 3 is 2.69 bits per heavy atom. The fraction of sp³-hybridized carbons (Fsp3) is 0.150. The van der Waals surface area contributed by atoms with Gasteiger partial charge in [-0.15, -0.1) is 0 Å². The molecule has 4 rings (SSSR count). The molecule has 0 aliphatic carbocycles. The maximum absolute atomic E-state index is 12.7. The molecule has 1 N–H and O–H groups in total.